The van der Waals surface area contributed by atoms with Gasteiger partial charge in [0.25, 0.3) is 0 Å². The first-order valence-electron chi connectivity index (χ1n) is 23.0. The van der Waals surface area contributed by atoms with Gasteiger partial charge in [-0.15, -0.1) is 0 Å². The number of carbonyl (C=O) groups excluding carboxylic acids is 1. The number of aliphatic hydroxyl groups is 1. The summed E-state index contributed by atoms with van der Waals surface area (Å²) in [4.78, 5) is 12.0. The summed E-state index contributed by atoms with van der Waals surface area (Å²) < 4.78 is 21.0. The molecule has 1 saturated heterocycles. The van der Waals surface area contributed by atoms with Crippen molar-refractivity contribution >= 4 is 28.5 Å². The van der Waals surface area contributed by atoms with Gasteiger partial charge in [-0.2, -0.15) is 0 Å². The average molecular weight is 825 g/mol. The Kier molecular flexibility index (Phi) is 10.2. The van der Waals surface area contributed by atoms with Crippen molar-refractivity contribution in [2.75, 3.05) is 0 Å². The van der Waals surface area contributed by atoms with Gasteiger partial charge in [0, 0.05) is 0 Å². The molecule has 4 saturated carbocycles. The van der Waals surface area contributed by atoms with Crippen LogP contribution < -0.4 is 0 Å². The minimum Gasteiger partial charge on any atom is -0.413 e. The monoisotopic (exact) mass is 825 g/mol. The zero-order chi connectivity index (χ0) is 42.1. The van der Waals surface area contributed by atoms with E-state index in [2.05, 4.69) is 119 Å². The molecule has 318 valence electrons. The van der Waals surface area contributed by atoms with Gasteiger partial charge in [0.05, 0.1) is 23.4 Å². The number of ether oxygens (including phenoxy) is 1. The minimum atomic E-state index is -1.83. The predicted octanol–water partition coefficient (Wildman–Crippen LogP) is 12.5. The third-order valence-electron chi connectivity index (χ3n) is 18.4. The molecule has 2 heterocycles. The molecule has 7 heteroatoms. The largest absolute Gasteiger partial charge is 0.413 e. The lowest BCUT2D eigenvalue weighted by Gasteiger charge is -2.55. The Hall–Kier alpha value is -1.88. The Balaban J connectivity index is 0.000000162. The fourth-order valence-corrected chi connectivity index (χ4v) is 15.6. The van der Waals surface area contributed by atoms with Crippen LogP contribution in [0.15, 0.2) is 59.2 Å². The van der Waals surface area contributed by atoms with Gasteiger partial charge in [0.1, 0.15) is 5.60 Å². The van der Waals surface area contributed by atoms with Crippen LogP contribution in [0.25, 0.3) is 6.08 Å². The first-order valence-corrected chi connectivity index (χ1v) is 28.9. The first-order chi connectivity index (χ1) is 26.8. The van der Waals surface area contributed by atoms with Crippen LogP contribution in [-0.2, 0) is 24.8 Å². The van der Waals surface area contributed by atoms with Crippen LogP contribution >= 0.6 is 0 Å². The van der Waals surface area contributed by atoms with E-state index in [0.717, 1.165) is 76.2 Å². The number of rotatable bonds is 4. The second-order valence-corrected chi connectivity index (χ2v) is 33.2. The Bertz CT molecular complexity index is 1980. The molecule has 9 atom stereocenters. The number of hydrogen-bond donors (Lipinski definition) is 1. The minimum absolute atomic E-state index is 0.0774. The second kappa shape index (κ2) is 13.8. The summed E-state index contributed by atoms with van der Waals surface area (Å²) in [5.74, 6) is 0.909. The lowest BCUT2D eigenvalue weighted by atomic mass is 9.58. The van der Waals surface area contributed by atoms with E-state index in [1.807, 2.05) is 6.08 Å². The average Bonchev–Trinajstić information content (AvgIpc) is 3.71. The Morgan fingerprint density at radius 1 is 0.724 bits per heavy atom. The molecule has 1 N–H and O–H groups in total. The molecule has 8 aliphatic rings. The lowest BCUT2D eigenvalue weighted by Crippen LogP contribution is -2.56. The van der Waals surface area contributed by atoms with Crippen molar-refractivity contribution in [3.05, 3.63) is 75.9 Å². The standard InChI is InChI=1S/C26H40O2Si.C25H36O3Si/c1-18-8-9-19-12-15-26(27)21(17-20(19)16-18)13-14-25(5)22(26)10-11-23(25)28-29(6,7)24(2,3)4;1-22(2,3)29(5,6)27-21-8-7-20-23(21,4)11-9-17-15-18-16-19(26)10-12-24(18)13-14-25(17,20)28-24/h8-9,16-17,22-23,27H,10-15H2,1-7H3;10,12,15-16,20-21H,7-9,11,13-14H2,1-6H3/t22-,23+,25+,26-;20-,21+,23+,24+,25-/m11/s1. The Morgan fingerprint density at radius 2 is 1.31 bits per heavy atom. The summed E-state index contributed by atoms with van der Waals surface area (Å²) in [5.41, 5.74) is 6.88. The molecule has 1 aromatic rings. The number of aryl methyl sites for hydroxylation is 2. The molecule has 1 aromatic carbocycles. The van der Waals surface area contributed by atoms with Crippen LogP contribution in [0, 0.1) is 29.6 Å². The zero-order valence-corrected chi connectivity index (χ0v) is 40.5. The van der Waals surface area contributed by atoms with E-state index in [4.69, 9.17) is 13.6 Å². The molecule has 2 aliphatic heterocycles. The van der Waals surface area contributed by atoms with Gasteiger partial charge in [-0.1, -0.05) is 91.3 Å². The van der Waals surface area contributed by atoms with Crippen LogP contribution in [0.3, 0.4) is 0 Å². The number of benzene rings is 1. The third-order valence-corrected chi connectivity index (χ3v) is 27.3. The van der Waals surface area contributed by atoms with E-state index < -0.39 is 22.2 Å². The van der Waals surface area contributed by atoms with Crippen molar-refractivity contribution in [1.82, 2.24) is 0 Å². The molecule has 0 unspecified atom stereocenters. The van der Waals surface area contributed by atoms with Crippen LogP contribution in [-0.4, -0.2) is 56.5 Å². The van der Waals surface area contributed by atoms with Crippen molar-refractivity contribution in [3.8, 4) is 0 Å². The summed E-state index contributed by atoms with van der Waals surface area (Å²) in [6.07, 6.45) is 23.6. The van der Waals surface area contributed by atoms with Crippen molar-refractivity contribution in [2.45, 2.75) is 205 Å². The van der Waals surface area contributed by atoms with Crippen LogP contribution in [0.1, 0.15) is 143 Å². The van der Waals surface area contributed by atoms with Crippen LogP contribution in [0.2, 0.25) is 36.3 Å². The van der Waals surface area contributed by atoms with Gasteiger partial charge in [0.2, 0.25) is 0 Å². The predicted molar refractivity (Wildman–Crippen MR) is 243 cm³/mol. The van der Waals surface area contributed by atoms with E-state index in [0.29, 0.717) is 17.9 Å². The Labute approximate surface area is 353 Å². The number of ketones is 1. The SMILES string of the molecule is CC(C)(C)[Si](C)(C)O[C@H]1CC[C@@H]2[C@]1(C)CCC1=CC3=CC(=O)C=C[C@]34CC[C@@]12O4.Cc1ccc2c(c1)C=C1CC[C@]3(C)[C@@H](O[Si](C)(C)C(C)(C)C)CC[C@H]3[C@@]1(O)CC2. The molecule has 5 nitrogen and oxygen atoms in total. The van der Waals surface area contributed by atoms with E-state index in [9.17, 15) is 9.90 Å². The third kappa shape index (κ3) is 6.60. The molecule has 0 radical (unpaired) electrons. The highest BCUT2D eigenvalue weighted by atomic mass is 28.4. The fourth-order valence-electron chi connectivity index (χ4n) is 12.7. The van der Waals surface area contributed by atoms with Gasteiger partial charge in [-0.25, -0.2) is 0 Å². The highest BCUT2D eigenvalue weighted by molar-refractivity contribution is 6.74. The first kappa shape index (κ1) is 42.8. The maximum Gasteiger partial charge on any atom is 0.192 e. The van der Waals surface area contributed by atoms with Gasteiger partial charge in [0.15, 0.2) is 22.4 Å². The number of allylic oxidation sites excluding steroid dienone is 2. The molecule has 0 aromatic heterocycles. The molecule has 5 fully saturated rings. The lowest BCUT2D eigenvalue weighted by molar-refractivity contribution is -0.133. The van der Waals surface area contributed by atoms with Crippen molar-refractivity contribution in [2.24, 2.45) is 22.7 Å². The normalized spacial score (nSPS) is 39.1. The van der Waals surface area contributed by atoms with Gasteiger partial charge >= 0.3 is 0 Å². The van der Waals surface area contributed by atoms with Crippen molar-refractivity contribution in [3.63, 3.8) is 0 Å². The van der Waals surface area contributed by atoms with E-state index >= 15 is 0 Å². The van der Waals surface area contributed by atoms with Gasteiger partial charge < -0.3 is 18.7 Å². The fraction of sp³-hybridized carbons (Fsp3) is 0.706. The van der Waals surface area contributed by atoms with Crippen LogP contribution in [0.4, 0.5) is 0 Å². The molecule has 9 rings (SSSR count). The molecule has 2 bridgehead atoms. The van der Waals surface area contributed by atoms with Crippen molar-refractivity contribution < 1.29 is 23.5 Å². The highest BCUT2D eigenvalue weighted by Crippen LogP contribution is 2.68. The highest BCUT2D eigenvalue weighted by Gasteiger charge is 2.67. The number of fused-ring (bicyclic) bond motifs is 5. The molecule has 2 spiro atoms. The summed E-state index contributed by atoms with van der Waals surface area (Å²) in [6.45, 7) is 30.6. The van der Waals surface area contributed by atoms with Gasteiger partial charge in [-0.3, -0.25) is 4.79 Å². The maximum atomic E-state index is 12.1. The molecule has 6 aliphatic carbocycles. The van der Waals surface area contributed by atoms with Crippen molar-refractivity contribution in [1.29, 1.82) is 0 Å². The second-order valence-electron chi connectivity index (χ2n) is 23.7. The summed E-state index contributed by atoms with van der Waals surface area (Å²) in [5, 5.41) is 12.6. The molecule has 0 amide bonds. The molecular weight excluding hydrogens is 749 g/mol. The van der Waals surface area contributed by atoms with E-state index in [1.165, 1.54) is 34.3 Å². The quantitative estimate of drug-likeness (QED) is 0.306. The van der Waals surface area contributed by atoms with E-state index in [-0.39, 0.29) is 44.0 Å². The zero-order valence-electron chi connectivity index (χ0n) is 38.5. The molecular formula is C51H76O5Si2. The molecule has 58 heavy (non-hydrogen) atoms. The maximum absolute atomic E-state index is 12.1. The smallest absolute Gasteiger partial charge is 0.192 e. The summed E-state index contributed by atoms with van der Waals surface area (Å²) in [6, 6.07) is 6.76. The number of hydrogen-bond acceptors (Lipinski definition) is 5. The summed E-state index contributed by atoms with van der Waals surface area (Å²) >= 11 is 0. The number of carbonyl (C=O) groups is 1. The van der Waals surface area contributed by atoms with Crippen LogP contribution in [0.5, 0.6) is 0 Å². The topological polar surface area (TPSA) is 65.0 Å². The van der Waals surface area contributed by atoms with Gasteiger partial charge in [-0.05, 0) is 189 Å². The van der Waals surface area contributed by atoms with E-state index in [1.54, 1.807) is 12.2 Å². The summed E-state index contributed by atoms with van der Waals surface area (Å²) in [7, 11) is -3.64. The Morgan fingerprint density at radius 3 is 1.93 bits per heavy atom.